The minimum atomic E-state index is -0.324. The highest BCUT2D eigenvalue weighted by Crippen LogP contribution is 2.60. The van der Waals surface area contributed by atoms with Crippen LogP contribution in [0.2, 0.25) is 5.02 Å². The Morgan fingerprint density at radius 3 is 2.24 bits per heavy atom. The predicted molar refractivity (Wildman–Crippen MR) is 147 cm³/mol. The van der Waals surface area contributed by atoms with Gasteiger partial charge in [-0.3, -0.25) is 4.79 Å². The summed E-state index contributed by atoms with van der Waals surface area (Å²) in [7, 11) is 0. The van der Waals surface area contributed by atoms with Crippen LogP contribution in [0, 0.1) is 28.1 Å². The van der Waals surface area contributed by atoms with Crippen molar-refractivity contribution >= 4 is 17.6 Å². The topological polar surface area (TPSA) is 73.9 Å². The fourth-order valence-corrected chi connectivity index (χ4v) is 6.83. The Labute approximate surface area is 226 Å². The number of rotatable bonds is 10. The molecule has 5 rings (SSSR count). The Kier molecular flexibility index (Phi) is 8.61. The number of nitrogens with zero attached hydrogens (tertiary/aromatic N) is 2. The van der Waals surface area contributed by atoms with E-state index in [1.54, 1.807) is 19.1 Å². The third-order valence-corrected chi connectivity index (χ3v) is 9.29. The zero-order valence-electron chi connectivity index (χ0n) is 22.2. The van der Waals surface area contributed by atoms with E-state index in [0.717, 1.165) is 36.0 Å². The van der Waals surface area contributed by atoms with E-state index in [4.69, 9.17) is 16.3 Å². The van der Waals surface area contributed by atoms with Crippen molar-refractivity contribution in [1.29, 1.82) is 10.5 Å². The average molecular weight is 517 g/mol. The fraction of sp³-hybridized carbons (Fsp3) is 0.531. The van der Waals surface area contributed by atoms with Crippen LogP contribution in [0.25, 0.3) is 0 Å². The maximum absolute atomic E-state index is 11.6. The Hall–Kier alpha value is -2.82. The van der Waals surface area contributed by atoms with Crippen LogP contribution in [0.15, 0.2) is 30.3 Å². The van der Waals surface area contributed by atoms with E-state index in [1.165, 1.54) is 44.9 Å². The first-order valence-corrected chi connectivity index (χ1v) is 14.2. The molecule has 0 unspecified atom stereocenters. The van der Waals surface area contributed by atoms with E-state index >= 15 is 0 Å². The quantitative estimate of drug-likeness (QED) is 0.180. The summed E-state index contributed by atoms with van der Waals surface area (Å²) in [6, 6.07) is 14.4. The summed E-state index contributed by atoms with van der Waals surface area (Å²) in [6.07, 6.45) is 14.0. The van der Waals surface area contributed by atoms with Crippen molar-refractivity contribution in [2.75, 3.05) is 0 Å². The molecular weight excluding hydrogens is 480 g/mol. The maximum atomic E-state index is 11.6. The number of hydrogen-bond acceptors (Lipinski definition) is 4. The molecule has 0 spiro atoms. The van der Waals surface area contributed by atoms with Gasteiger partial charge in [0, 0.05) is 6.42 Å². The largest absolute Gasteiger partial charge is 0.425 e. The highest BCUT2D eigenvalue weighted by molar-refractivity contribution is 6.32. The molecule has 2 bridgehead atoms. The fourth-order valence-electron chi connectivity index (χ4n) is 6.59. The number of aryl methyl sites for hydroxylation is 2. The van der Waals surface area contributed by atoms with Gasteiger partial charge >= 0.3 is 5.97 Å². The number of nitriles is 2. The molecule has 194 valence electrons. The molecule has 0 N–H and O–H groups in total. The molecule has 0 saturated heterocycles. The zero-order chi connectivity index (χ0) is 26.5. The second kappa shape index (κ2) is 11.7. The number of ether oxygens (including phenoxy) is 1. The zero-order valence-corrected chi connectivity index (χ0v) is 22.9. The molecule has 3 aliphatic rings. The summed E-state index contributed by atoms with van der Waals surface area (Å²) in [5.41, 5.74) is 4.65. The van der Waals surface area contributed by atoms with E-state index in [9.17, 15) is 15.3 Å². The molecule has 0 heterocycles. The van der Waals surface area contributed by atoms with Crippen molar-refractivity contribution in [2.24, 2.45) is 5.41 Å². The third kappa shape index (κ3) is 5.71. The van der Waals surface area contributed by atoms with E-state index in [-0.39, 0.29) is 17.8 Å². The molecule has 0 aliphatic heterocycles. The van der Waals surface area contributed by atoms with Crippen molar-refractivity contribution in [2.45, 2.75) is 103 Å². The molecule has 3 saturated carbocycles. The van der Waals surface area contributed by atoms with E-state index in [2.05, 4.69) is 31.2 Å². The van der Waals surface area contributed by atoms with Gasteiger partial charge in [-0.1, -0.05) is 62.9 Å². The summed E-state index contributed by atoms with van der Waals surface area (Å²) >= 11 is 6.33. The predicted octanol–water partition coefficient (Wildman–Crippen LogP) is 8.36. The van der Waals surface area contributed by atoms with Gasteiger partial charge in [-0.05, 0) is 97.4 Å². The number of unbranched alkanes of at least 4 members (excludes halogenated alkanes) is 2. The first kappa shape index (κ1) is 27.2. The molecule has 3 fully saturated rings. The van der Waals surface area contributed by atoms with Crippen molar-refractivity contribution in [1.82, 2.24) is 0 Å². The van der Waals surface area contributed by atoms with Gasteiger partial charge in [0.1, 0.15) is 17.9 Å². The lowest BCUT2D eigenvalue weighted by Gasteiger charge is -2.54. The molecule has 2 aromatic carbocycles. The Bertz CT molecular complexity index is 1210. The van der Waals surface area contributed by atoms with Crippen LogP contribution >= 0.6 is 11.6 Å². The normalized spacial score (nSPS) is 22.3. The van der Waals surface area contributed by atoms with Gasteiger partial charge in [-0.15, -0.1) is 0 Å². The number of carbonyl (C=O) groups is 1. The van der Waals surface area contributed by atoms with Crippen molar-refractivity contribution in [3.8, 4) is 17.9 Å². The van der Waals surface area contributed by atoms with Gasteiger partial charge < -0.3 is 4.74 Å². The third-order valence-electron chi connectivity index (χ3n) is 8.99. The van der Waals surface area contributed by atoms with Gasteiger partial charge in [-0.25, -0.2) is 0 Å². The maximum Gasteiger partial charge on any atom is 0.310 e. The minimum Gasteiger partial charge on any atom is -0.425 e. The van der Waals surface area contributed by atoms with E-state index < -0.39 is 0 Å². The summed E-state index contributed by atoms with van der Waals surface area (Å²) in [5, 5.41) is 20.7. The molecule has 3 aliphatic carbocycles. The molecule has 0 radical (unpaired) electrons. The number of esters is 1. The number of hydrogen-bond donors (Lipinski definition) is 0. The van der Waals surface area contributed by atoms with Gasteiger partial charge in [0.25, 0.3) is 0 Å². The highest BCUT2D eigenvalue weighted by atomic mass is 35.5. The van der Waals surface area contributed by atoms with Gasteiger partial charge in [0.2, 0.25) is 0 Å². The standard InChI is InChI=1S/C32H37ClN2O2/c1-3-5-6-13-31-14-17-32(18-15-31,19-16-31)27-11-10-24(25(21-34)26(27)22-35)9-7-23-8-12-29(28(33)20-23)37-30(36)4-2/h8,10-12,20H,3-7,9,13-19H2,1-2H3. The monoisotopic (exact) mass is 516 g/mol. The van der Waals surface area contributed by atoms with Crippen molar-refractivity contribution < 1.29 is 9.53 Å². The van der Waals surface area contributed by atoms with Crippen LogP contribution in [-0.4, -0.2) is 5.97 Å². The molecule has 5 heteroatoms. The van der Waals surface area contributed by atoms with Crippen LogP contribution in [-0.2, 0) is 23.1 Å². The van der Waals surface area contributed by atoms with Crippen molar-refractivity contribution in [3.05, 3.63) is 63.2 Å². The van der Waals surface area contributed by atoms with Crippen LogP contribution in [0.1, 0.15) is 112 Å². The molecule has 0 atom stereocenters. The number of carbonyl (C=O) groups excluding carboxylic acids is 1. The van der Waals surface area contributed by atoms with Crippen molar-refractivity contribution in [3.63, 3.8) is 0 Å². The first-order chi connectivity index (χ1) is 17.9. The lowest BCUT2D eigenvalue weighted by atomic mass is 9.50. The summed E-state index contributed by atoms with van der Waals surface area (Å²) < 4.78 is 5.25. The SMILES string of the molecule is CCCCCC12CCC(c3ccc(CCc4ccc(OC(=O)CC)c(Cl)c4)c(C#N)c3C#N)(CC1)CC2. The van der Waals surface area contributed by atoms with Crippen LogP contribution < -0.4 is 4.74 Å². The molecule has 4 nitrogen and oxygen atoms in total. The van der Waals surface area contributed by atoms with E-state index in [1.807, 2.05) is 6.07 Å². The molecule has 2 aromatic rings. The second-order valence-corrected chi connectivity index (χ2v) is 11.5. The smallest absolute Gasteiger partial charge is 0.310 e. The molecule has 0 aromatic heterocycles. The molecular formula is C32H37ClN2O2. The minimum absolute atomic E-state index is 0.0426. The highest BCUT2D eigenvalue weighted by Gasteiger charge is 2.49. The van der Waals surface area contributed by atoms with Crippen LogP contribution in [0.5, 0.6) is 5.75 Å². The number of halogens is 1. The lowest BCUT2D eigenvalue weighted by Crippen LogP contribution is -2.44. The van der Waals surface area contributed by atoms with Gasteiger partial charge in [-0.2, -0.15) is 10.5 Å². The Balaban J connectivity index is 1.51. The Morgan fingerprint density at radius 2 is 1.65 bits per heavy atom. The van der Waals surface area contributed by atoms with Gasteiger partial charge in [0.05, 0.1) is 16.1 Å². The summed E-state index contributed by atoms with van der Waals surface area (Å²) in [5.74, 6) is 0.0368. The van der Waals surface area contributed by atoms with Crippen LogP contribution in [0.3, 0.4) is 0 Å². The second-order valence-electron chi connectivity index (χ2n) is 11.1. The summed E-state index contributed by atoms with van der Waals surface area (Å²) in [4.78, 5) is 11.6. The molecule has 37 heavy (non-hydrogen) atoms. The first-order valence-electron chi connectivity index (χ1n) is 13.8. The number of fused-ring (bicyclic) bond motifs is 3. The number of benzene rings is 2. The van der Waals surface area contributed by atoms with Crippen LogP contribution in [0.4, 0.5) is 0 Å². The lowest BCUT2D eigenvalue weighted by molar-refractivity contribution is -0.134. The Morgan fingerprint density at radius 1 is 0.946 bits per heavy atom. The molecule has 0 amide bonds. The van der Waals surface area contributed by atoms with E-state index in [0.29, 0.717) is 40.2 Å². The average Bonchev–Trinajstić information content (AvgIpc) is 2.93. The summed E-state index contributed by atoms with van der Waals surface area (Å²) in [6.45, 7) is 4.00. The van der Waals surface area contributed by atoms with Gasteiger partial charge in [0.15, 0.2) is 0 Å².